The van der Waals surface area contributed by atoms with Crippen LogP contribution in [0.15, 0.2) is 11.6 Å². The van der Waals surface area contributed by atoms with Crippen molar-refractivity contribution in [1.29, 1.82) is 0 Å². The minimum Gasteiger partial charge on any atom is -0.377 e. The lowest BCUT2D eigenvalue weighted by Gasteiger charge is -2.07. The van der Waals surface area contributed by atoms with E-state index in [1.54, 1.807) is 0 Å². The molecular weight excluding hydrogens is 164 g/mol. The number of ether oxygens (including phenoxy) is 2. The molecule has 0 N–H and O–H groups in total. The second kappa shape index (κ2) is 9.75. The van der Waals surface area contributed by atoms with Crippen molar-refractivity contribution >= 4 is 0 Å². The molecule has 0 atom stereocenters. The van der Waals surface area contributed by atoms with E-state index in [4.69, 9.17) is 9.47 Å². The Kier molecular flexibility index (Phi) is 9.49. The van der Waals surface area contributed by atoms with Gasteiger partial charge in [-0.15, -0.1) is 0 Å². The number of hydrogen-bond acceptors (Lipinski definition) is 2. The Labute approximate surface area is 81.9 Å². The number of rotatable bonds is 8. The molecule has 0 aromatic heterocycles. The van der Waals surface area contributed by atoms with Crippen molar-refractivity contribution in [1.82, 2.24) is 0 Å². The van der Waals surface area contributed by atoms with Gasteiger partial charge in [-0.25, -0.2) is 0 Å². The molecule has 13 heavy (non-hydrogen) atoms. The summed E-state index contributed by atoms with van der Waals surface area (Å²) >= 11 is 0. The second-order valence-corrected chi connectivity index (χ2v) is 2.93. The Hall–Kier alpha value is -0.340. The molecule has 0 aromatic rings. The van der Waals surface area contributed by atoms with Gasteiger partial charge in [-0.05, 0) is 25.8 Å². The molecule has 0 spiro atoms. The monoisotopic (exact) mass is 186 g/mol. The molecule has 78 valence electrons. The third kappa shape index (κ3) is 8.00. The van der Waals surface area contributed by atoms with E-state index in [-0.39, 0.29) is 0 Å². The first-order chi connectivity index (χ1) is 6.35. The highest BCUT2D eigenvalue weighted by atomic mass is 16.5. The van der Waals surface area contributed by atoms with Crippen LogP contribution in [-0.4, -0.2) is 26.4 Å². The predicted molar refractivity (Wildman–Crippen MR) is 56.0 cm³/mol. The van der Waals surface area contributed by atoms with Crippen molar-refractivity contribution in [3.05, 3.63) is 11.6 Å². The zero-order valence-electron chi connectivity index (χ0n) is 9.14. The Bertz CT molecular complexity index is 120. The predicted octanol–water partition coefficient (Wildman–Crippen LogP) is 2.79. The van der Waals surface area contributed by atoms with E-state index in [9.17, 15) is 0 Å². The van der Waals surface area contributed by atoms with Gasteiger partial charge >= 0.3 is 0 Å². The fourth-order valence-electron chi connectivity index (χ4n) is 0.974. The summed E-state index contributed by atoms with van der Waals surface area (Å²) in [5, 5.41) is 0. The topological polar surface area (TPSA) is 18.5 Å². The summed E-state index contributed by atoms with van der Waals surface area (Å²) in [5.74, 6) is 0. The average Bonchev–Trinajstić information content (AvgIpc) is 2.17. The van der Waals surface area contributed by atoms with Crippen molar-refractivity contribution in [3.63, 3.8) is 0 Å². The normalized spacial score (nSPS) is 10.1. The third-order valence-electron chi connectivity index (χ3n) is 1.70. The fraction of sp³-hybridized carbons (Fsp3) is 0.818. The third-order valence-corrected chi connectivity index (χ3v) is 1.70. The Morgan fingerprint density at radius 3 is 1.92 bits per heavy atom. The van der Waals surface area contributed by atoms with E-state index >= 15 is 0 Å². The minimum atomic E-state index is 0.719. The molecule has 0 bridgehead atoms. The molecule has 0 fully saturated rings. The lowest BCUT2D eigenvalue weighted by molar-refractivity contribution is 0.131. The molecule has 0 rings (SSSR count). The summed E-state index contributed by atoms with van der Waals surface area (Å²) in [6, 6.07) is 0. The molecule has 0 unspecified atom stereocenters. The van der Waals surface area contributed by atoms with E-state index < -0.39 is 0 Å². The van der Waals surface area contributed by atoms with Crippen molar-refractivity contribution in [3.8, 4) is 0 Å². The zero-order valence-corrected chi connectivity index (χ0v) is 9.14. The van der Waals surface area contributed by atoms with Crippen LogP contribution in [-0.2, 0) is 9.47 Å². The Morgan fingerprint density at radius 1 is 1.00 bits per heavy atom. The van der Waals surface area contributed by atoms with Crippen molar-refractivity contribution in [2.75, 3.05) is 26.4 Å². The van der Waals surface area contributed by atoms with Crippen molar-refractivity contribution in [2.24, 2.45) is 0 Å². The molecule has 0 saturated heterocycles. The van der Waals surface area contributed by atoms with E-state index in [1.165, 1.54) is 12.0 Å². The number of allylic oxidation sites excluding steroid dienone is 1. The van der Waals surface area contributed by atoms with Gasteiger partial charge in [0.2, 0.25) is 0 Å². The smallest absolute Gasteiger partial charge is 0.0698 e. The largest absolute Gasteiger partial charge is 0.377 e. The summed E-state index contributed by atoms with van der Waals surface area (Å²) in [6.45, 7) is 9.18. The van der Waals surface area contributed by atoms with Gasteiger partial charge in [0.15, 0.2) is 0 Å². The van der Waals surface area contributed by atoms with Crippen LogP contribution >= 0.6 is 0 Å². The lowest BCUT2D eigenvalue weighted by atomic mass is 10.2. The van der Waals surface area contributed by atoms with Crippen molar-refractivity contribution in [2.45, 2.75) is 33.6 Å². The van der Waals surface area contributed by atoms with Crippen LogP contribution in [0.4, 0.5) is 0 Å². The van der Waals surface area contributed by atoms with Crippen LogP contribution in [0.3, 0.4) is 0 Å². The first-order valence-electron chi connectivity index (χ1n) is 5.18. The molecular formula is C11H22O2. The maximum Gasteiger partial charge on any atom is 0.0698 e. The lowest BCUT2D eigenvalue weighted by Crippen LogP contribution is -2.05. The van der Waals surface area contributed by atoms with E-state index in [0.29, 0.717) is 0 Å². The summed E-state index contributed by atoms with van der Waals surface area (Å²) < 4.78 is 10.7. The quantitative estimate of drug-likeness (QED) is 0.543. The van der Waals surface area contributed by atoms with Gasteiger partial charge in [0.1, 0.15) is 0 Å². The molecule has 0 saturated carbocycles. The van der Waals surface area contributed by atoms with Crippen molar-refractivity contribution < 1.29 is 9.47 Å². The number of unbranched alkanes of at least 4 members (excludes halogenated alkanes) is 1. The Balaban J connectivity index is 3.72. The molecule has 2 heteroatoms. The summed E-state index contributed by atoms with van der Waals surface area (Å²) in [7, 11) is 0. The van der Waals surface area contributed by atoms with Gasteiger partial charge in [0.05, 0.1) is 13.2 Å². The van der Waals surface area contributed by atoms with Crippen LogP contribution in [0.1, 0.15) is 33.6 Å². The maximum absolute atomic E-state index is 5.34. The number of hydrogen-bond donors (Lipinski definition) is 0. The minimum absolute atomic E-state index is 0.719. The van der Waals surface area contributed by atoms with Crippen LogP contribution < -0.4 is 0 Å². The summed E-state index contributed by atoms with van der Waals surface area (Å²) in [6.07, 6.45) is 4.53. The van der Waals surface area contributed by atoms with Gasteiger partial charge in [-0.1, -0.05) is 19.4 Å². The summed E-state index contributed by atoms with van der Waals surface area (Å²) in [5.41, 5.74) is 1.27. The zero-order chi connectivity index (χ0) is 9.94. The molecule has 0 amide bonds. The highest BCUT2D eigenvalue weighted by Gasteiger charge is 1.96. The van der Waals surface area contributed by atoms with E-state index in [2.05, 4.69) is 13.0 Å². The molecule has 0 radical (unpaired) electrons. The first-order valence-corrected chi connectivity index (χ1v) is 5.18. The van der Waals surface area contributed by atoms with Gasteiger partial charge in [-0.2, -0.15) is 0 Å². The SMILES string of the molecule is CCCC=C(COCC)COCC. The molecule has 0 aliphatic heterocycles. The van der Waals surface area contributed by atoms with Gasteiger partial charge in [0, 0.05) is 13.2 Å². The van der Waals surface area contributed by atoms with Gasteiger partial charge < -0.3 is 9.47 Å². The summed E-state index contributed by atoms with van der Waals surface area (Å²) in [4.78, 5) is 0. The Morgan fingerprint density at radius 2 is 1.54 bits per heavy atom. The second-order valence-electron chi connectivity index (χ2n) is 2.93. The van der Waals surface area contributed by atoms with Gasteiger partial charge in [0.25, 0.3) is 0 Å². The molecule has 0 heterocycles. The average molecular weight is 186 g/mol. The molecule has 0 aliphatic carbocycles. The molecule has 0 aromatic carbocycles. The molecule has 0 aliphatic rings. The highest BCUT2D eigenvalue weighted by molar-refractivity contribution is 5.02. The maximum atomic E-state index is 5.34. The van der Waals surface area contributed by atoms with E-state index in [0.717, 1.165) is 32.8 Å². The highest BCUT2D eigenvalue weighted by Crippen LogP contribution is 2.01. The van der Waals surface area contributed by atoms with Crippen LogP contribution in [0, 0.1) is 0 Å². The van der Waals surface area contributed by atoms with Crippen LogP contribution in [0.5, 0.6) is 0 Å². The fourth-order valence-corrected chi connectivity index (χ4v) is 0.974. The first kappa shape index (κ1) is 12.7. The van der Waals surface area contributed by atoms with Gasteiger partial charge in [-0.3, -0.25) is 0 Å². The van der Waals surface area contributed by atoms with E-state index in [1.807, 2.05) is 13.8 Å². The standard InChI is InChI=1S/C11H22O2/c1-4-7-8-11(9-12-5-2)10-13-6-3/h8H,4-7,9-10H2,1-3H3. The van der Waals surface area contributed by atoms with Crippen LogP contribution in [0.2, 0.25) is 0 Å². The van der Waals surface area contributed by atoms with Crippen LogP contribution in [0.25, 0.3) is 0 Å². The molecule has 2 nitrogen and oxygen atoms in total.